The molecule has 21 heavy (non-hydrogen) atoms. The molecule has 0 radical (unpaired) electrons. The molecule has 0 saturated heterocycles. The average molecular weight is 386 g/mol. The van der Waals surface area contributed by atoms with Crippen LogP contribution in [0.4, 0.5) is 13.2 Å². The lowest BCUT2D eigenvalue weighted by Gasteiger charge is -2.15. The predicted octanol–water partition coefficient (Wildman–Crippen LogP) is 3.15. The van der Waals surface area contributed by atoms with Gasteiger partial charge in [0.25, 0.3) is 0 Å². The lowest BCUT2D eigenvalue weighted by Crippen LogP contribution is -2.33. The van der Waals surface area contributed by atoms with E-state index < -0.39 is 17.9 Å². The lowest BCUT2D eigenvalue weighted by molar-refractivity contribution is -0.142. The molecular weight excluding hydrogens is 371 g/mol. The highest BCUT2D eigenvalue weighted by atomic mass is 79.9. The Morgan fingerprint density at radius 1 is 1.57 bits per heavy atom. The van der Waals surface area contributed by atoms with Crippen molar-refractivity contribution >= 4 is 34.5 Å². The zero-order chi connectivity index (χ0) is 15.8. The summed E-state index contributed by atoms with van der Waals surface area (Å²) in [7, 11) is 0. The molecule has 0 spiro atoms. The summed E-state index contributed by atoms with van der Waals surface area (Å²) in [5, 5.41) is 6.25. The molecule has 1 atom stereocenters. The van der Waals surface area contributed by atoms with E-state index >= 15 is 0 Å². The van der Waals surface area contributed by atoms with Gasteiger partial charge in [0.05, 0.1) is 10.2 Å². The second-order valence-corrected chi connectivity index (χ2v) is 6.20. The van der Waals surface area contributed by atoms with E-state index in [9.17, 15) is 18.0 Å². The molecule has 1 unspecified atom stereocenters. The van der Waals surface area contributed by atoms with E-state index in [-0.39, 0.29) is 16.3 Å². The number of alkyl halides is 3. The van der Waals surface area contributed by atoms with Crippen LogP contribution in [0.2, 0.25) is 0 Å². The molecule has 1 saturated carbocycles. The summed E-state index contributed by atoms with van der Waals surface area (Å²) in [6.45, 7) is 1.90. The van der Waals surface area contributed by atoms with Crippen molar-refractivity contribution in [1.82, 2.24) is 15.1 Å². The van der Waals surface area contributed by atoms with Gasteiger partial charge in [0, 0.05) is 18.2 Å². The van der Waals surface area contributed by atoms with Crippen LogP contribution in [-0.2, 0) is 11.0 Å². The Balaban J connectivity index is 2.36. The molecule has 1 heterocycles. The van der Waals surface area contributed by atoms with E-state index in [1.54, 1.807) is 6.92 Å². The van der Waals surface area contributed by atoms with Crippen molar-refractivity contribution in [3.63, 3.8) is 0 Å². The Kier molecular flexibility index (Phi) is 4.92. The summed E-state index contributed by atoms with van der Waals surface area (Å²) in [6, 6.07) is -0.798. The standard InChI is InChI=1S/C12H15BrF3N3OS/c1-6(11(20)17-4-5-21)19-9(7-2-3-7)8(13)10(18-19)12(14,15)16/h6-7,21H,2-5H2,1H3,(H,17,20). The van der Waals surface area contributed by atoms with Gasteiger partial charge in [0.1, 0.15) is 6.04 Å². The monoisotopic (exact) mass is 385 g/mol. The lowest BCUT2D eigenvalue weighted by atomic mass is 10.2. The van der Waals surface area contributed by atoms with E-state index in [1.165, 1.54) is 4.68 Å². The van der Waals surface area contributed by atoms with Gasteiger partial charge in [-0.25, -0.2) is 0 Å². The molecule has 1 aromatic rings. The van der Waals surface area contributed by atoms with Crippen LogP contribution in [0.1, 0.15) is 43.1 Å². The summed E-state index contributed by atoms with van der Waals surface area (Å²) in [4.78, 5) is 12.0. The first kappa shape index (κ1) is 16.7. The van der Waals surface area contributed by atoms with Gasteiger partial charge in [0.15, 0.2) is 5.69 Å². The Hall–Kier alpha value is -0.700. The van der Waals surface area contributed by atoms with Crippen molar-refractivity contribution in [3.05, 3.63) is 15.9 Å². The molecule has 118 valence electrons. The molecule has 1 N–H and O–H groups in total. The first-order chi connectivity index (χ1) is 9.77. The third-order valence-corrected chi connectivity index (χ3v) is 4.28. The zero-order valence-corrected chi connectivity index (χ0v) is 13.7. The number of nitrogens with one attached hydrogen (secondary N) is 1. The van der Waals surface area contributed by atoms with E-state index in [1.807, 2.05) is 0 Å². The summed E-state index contributed by atoms with van der Waals surface area (Å²) < 4.78 is 40.1. The SMILES string of the molecule is CC(C(=O)NCCS)n1nc(C(F)(F)F)c(Br)c1C1CC1. The Labute approximate surface area is 134 Å². The summed E-state index contributed by atoms with van der Waals surface area (Å²) in [6.07, 6.45) is -2.92. The number of nitrogens with zero attached hydrogens (tertiary/aromatic N) is 2. The van der Waals surface area contributed by atoms with Crippen LogP contribution >= 0.6 is 28.6 Å². The second kappa shape index (κ2) is 6.20. The maximum Gasteiger partial charge on any atom is 0.436 e. The maximum absolute atomic E-state index is 13.0. The largest absolute Gasteiger partial charge is 0.436 e. The third kappa shape index (κ3) is 3.56. The number of hydrogen-bond acceptors (Lipinski definition) is 3. The van der Waals surface area contributed by atoms with Gasteiger partial charge in [-0.05, 0) is 35.7 Å². The van der Waals surface area contributed by atoms with Gasteiger partial charge < -0.3 is 5.32 Å². The molecule has 9 heteroatoms. The average Bonchev–Trinajstić information content (AvgIpc) is 3.17. The van der Waals surface area contributed by atoms with Gasteiger partial charge in [-0.3, -0.25) is 9.48 Å². The molecule has 0 aliphatic heterocycles. The van der Waals surface area contributed by atoms with Crippen LogP contribution in [0, 0.1) is 0 Å². The van der Waals surface area contributed by atoms with Crippen molar-refractivity contribution in [2.75, 3.05) is 12.3 Å². The molecule has 0 aromatic carbocycles. The van der Waals surface area contributed by atoms with Crippen molar-refractivity contribution in [3.8, 4) is 0 Å². The van der Waals surface area contributed by atoms with Crippen LogP contribution in [0.3, 0.4) is 0 Å². The number of carbonyl (C=O) groups is 1. The highest BCUT2D eigenvalue weighted by molar-refractivity contribution is 9.10. The molecular formula is C12H15BrF3N3OS. The van der Waals surface area contributed by atoms with Crippen molar-refractivity contribution in [1.29, 1.82) is 0 Å². The number of carbonyl (C=O) groups excluding carboxylic acids is 1. The minimum absolute atomic E-state index is 0.0307. The quantitative estimate of drug-likeness (QED) is 0.764. The van der Waals surface area contributed by atoms with E-state index in [0.717, 1.165) is 12.8 Å². The van der Waals surface area contributed by atoms with Crippen LogP contribution in [-0.4, -0.2) is 28.0 Å². The van der Waals surface area contributed by atoms with Crippen LogP contribution in [0.25, 0.3) is 0 Å². The molecule has 1 aliphatic rings. The minimum Gasteiger partial charge on any atom is -0.353 e. The number of amides is 1. The molecule has 1 aliphatic carbocycles. The number of rotatable bonds is 5. The fourth-order valence-corrected chi connectivity index (χ4v) is 2.99. The number of hydrogen-bond donors (Lipinski definition) is 2. The molecule has 2 rings (SSSR count). The third-order valence-electron chi connectivity index (χ3n) is 3.28. The number of thiol groups is 1. The van der Waals surface area contributed by atoms with Crippen LogP contribution < -0.4 is 5.32 Å². The summed E-state index contributed by atoms with van der Waals surface area (Å²) in [5.74, 6) is 0.127. The molecule has 0 bridgehead atoms. The predicted molar refractivity (Wildman–Crippen MR) is 78.5 cm³/mol. The summed E-state index contributed by atoms with van der Waals surface area (Å²) >= 11 is 6.98. The molecule has 1 aromatic heterocycles. The molecule has 1 fully saturated rings. The van der Waals surface area contributed by atoms with Gasteiger partial charge in [-0.15, -0.1) is 0 Å². The minimum atomic E-state index is -4.55. The number of halogens is 4. The second-order valence-electron chi connectivity index (χ2n) is 4.96. The Morgan fingerprint density at radius 3 is 2.67 bits per heavy atom. The zero-order valence-electron chi connectivity index (χ0n) is 11.2. The Morgan fingerprint density at radius 2 is 2.19 bits per heavy atom. The van der Waals surface area contributed by atoms with Gasteiger partial charge in [-0.2, -0.15) is 30.9 Å². The molecule has 4 nitrogen and oxygen atoms in total. The topological polar surface area (TPSA) is 46.9 Å². The van der Waals surface area contributed by atoms with Crippen LogP contribution in [0.5, 0.6) is 0 Å². The van der Waals surface area contributed by atoms with Gasteiger partial charge in [0.2, 0.25) is 5.91 Å². The first-order valence-corrected chi connectivity index (χ1v) is 7.93. The normalized spacial score (nSPS) is 16.9. The number of aromatic nitrogens is 2. The van der Waals surface area contributed by atoms with Gasteiger partial charge >= 0.3 is 6.18 Å². The van der Waals surface area contributed by atoms with E-state index in [0.29, 0.717) is 18.0 Å². The fourth-order valence-electron chi connectivity index (χ4n) is 2.06. The smallest absolute Gasteiger partial charge is 0.353 e. The first-order valence-electron chi connectivity index (χ1n) is 6.51. The molecule has 1 amide bonds. The maximum atomic E-state index is 13.0. The fraction of sp³-hybridized carbons (Fsp3) is 0.667. The van der Waals surface area contributed by atoms with E-state index in [2.05, 4.69) is 39.0 Å². The Bertz CT molecular complexity index is 543. The van der Waals surface area contributed by atoms with Crippen molar-refractivity contribution in [2.45, 2.75) is 37.9 Å². The van der Waals surface area contributed by atoms with Crippen molar-refractivity contribution < 1.29 is 18.0 Å². The highest BCUT2D eigenvalue weighted by Gasteiger charge is 2.42. The van der Waals surface area contributed by atoms with Crippen molar-refractivity contribution in [2.24, 2.45) is 0 Å². The van der Waals surface area contributed by atoms with Crippen LogP contribution in [0.15, 0.2) is 4.47 Å². The summed E-state index contributed by atoms with van der Waals surface area (Å²) in [5.41, 5.74) is -0.519. The van der Waals surface area contributed by atoms with E-state index in [4.69, 9.17) is 0 Å². The highest BCUT2D eigenvalue weighted by Crippen LogP contribution is 2.47. The van der Waals surface area contributed by atoms with Gasteiger partial charge in [-0.1, -0.05) is 0 Å².